The van der Waals surface area contributed by atoms with Gasteiger partial charge in [0.2, 0.25) is 5.91 Å². The first-order chi connectivity index (χ1) is 12.2. The molecule has 0 aromatic carbocycles. The number of piperidine rings is 1. The number of piperazine rings is 1. The van der Waals surface area contributed by atoms with Crippen molar-refractivity contribution in [1.82, 2.24) is 19.7 Å². The van der Waals surface area contributed by atoms with Gasteiger partial charge in [-0.2, -0.15) is 0 Å². The van der Waals surface area contributed by atoms with Crippen molar-refractivity contribution in [1.29, 1.82) is 0 Å². The van der Waals surface area contributed by atoms with Crippen molar-refractivity contribution in [2.75, 3.05) is 46.4 Å². The molecule has 0 radical (unpaired) electrons. The third-order valence-corrected chi connectivity index (χ3v) is 6.26. The fraction of sp³-hybridized carbons (Fsp3) is 0.684. The number of likely N-dealkylation sites (N-methyl/N-ethyl adjacent to an activating group) is 1. The zero-order chi connectivity index (χ0) is 17.3. The van der Waals surface area contributed by atoms with Gasteiger partial charge < -0.3 is 9.64 Å². The van der Waals surface area contributed by atoms with Crippen molar-refractivity contribution >= 4 is 5.91 Å². The predicted molar refractivity (Wildman–Crippen MR) is 95.0 cm³/mol. The normalized spacial score (nSPS) is 28.0. The summed E-state index contributed by atoms with van der Waals surface area (Å²) in [6.45, 7) is 6.12. The van der Waals surface area contributed by atoms with Crippen LogP contribution < -0.4 is 0 Å². The Balaban J connectivity index is 1.45. The second kappa shape index (κ2) is 7.02. The van der Waals surface area contributed by atoms with Gasteiger partial charge in [-0.05, 0) is 37.9 Å². The number of carbonyl (C=O) groups is 1. The summed E-state index contributed by atoms with van der Waals surface area (Å²) >= 11 is 0. The minimum absolute atomic E-state index is 0.299. The van der Waals surface area contributed by atoms with Gasteiger partial charge in [-0.3, -0.25) is 19.6 Å². The number of aromatic nitrogens is 1. The van der Waals surface area contributed by atoms with E-state index in [1.165, 1.54) is 0 Å². The average molecular weight is 344 g/mol. The van der Waals surface area contributed by atoms with Crippen LogP contribution in [-0.2, 0) is 16.1 Å². The van der Waals surface area contributed by atoms with Gasteiger partial charge in [-0.25, -0.2) is 0 Å². The van der Waals surface area contributed by atoms with E-state index in [1.807, 2.05) is 23.2 Å². The summed E-state index contributed by atoms with van der Waals surface area (Å²) in [6, 6.07) is 4.54. The van der Waals surface area contributed by atoms with E-state index in [9.17, 15) is 4.79 Å². The number of hydrogen-bond acceptors (Lipinski definition) is 5. The monoisotopic (exact) mass is 344 g/mol. The van der Waals surface area contributed by atoms with Gasteiger partial charge in [0, 0.05) is 57.8 Å². The summed E-state index contributed by atoms with van der Waals surface area (Å²) in [5, 5.41) is 0. The number of ether oxygens (including phenoxy) is 1. The minimum atomic E-state index is -0.323. The highest BCUT2D eigenvalue weighted by atomic mass is 16.5. The highest BCUT2D eigenvalue weighted by Crippen LogP contribution is 2.34. The van der Waals surface area contributed by atoms with Crippen molar-refractivity contribution in [2.24, 2.45) is 0 Å². The summed E-state index contributed by atoms with van der Waals surface area (Å²) in [6.07, 6.45) is 6.61. The summed E-state index contributed by atoms with van der Waals surface area (Å²) in [5.74, 6) is 0.299. The number of pyridine rings is 1. The molecule has 25 heavy (non-hydrogen) atoms. The lowest BCUT2D eigenvalue weighted by atomic mass is 9.82. The third-order valence-electron chi connectivity index (χ3n) is 6.26. The molecule has 4 heterocycles. The molecule has 1 amide bonds. The maximum Gasteiger partial charge on any atom is 0.243 e. The van der Waals surface area contributed by atoms with Crippen molar-refractivity contribution in [2.45, 2.75) is 37.4 Å². The van der Waals surface area contributed by atoms with Crippen LogP contribution in [0.25, 0.3) is 0 Å². The maximum atomic E-state index is 13.4. The Morgan fingerprint density at radius 1 is 1.28 bits per heavy atom. The second-order valence-electron chi connectivity index (χ2n) is 7.59. The van der Waals surface area contributed by atoms with Crippen molar-refractivity contribution in [3.63, 3.8) is 0 Å². The molecule has 3 fully saturated rings. The van der Waals surface area contributed by atoms with Crippen LogP contribution in [-0.4, -0.2) is 83.6 Å². The van der Waals surface area contributed by atoms with E-state index in [4.69, 9.17) is 4.74 Å². The number of hydrogen-bond donors (Lipinski definition) is 0. The molecule has 1 spiro atoms. The van der Waals surface area contributed by atoms with E-state index >= 15 is 0 Å². The van der Waals surface area contributed by atoms with E-state index in [0.717, 1.165) is 64.2 Å². The van der Waals surface area contributed by atoms with Crippen molar-refractivity contribution in [3.05, 3.63) is 30.1 Å². The first-order valence-electron chi connectivity index (χ1n) is 9.40. The van der Waals surface area contributed by atoms with E-state index in [-0.39, 0.29) is 5.54 Å². The summed E-state index contributed by atoms with van der Waals surface area (Å²) < 4.78 is 5.54. The Labute approximate surface area is 149 Å². The van der Waals surface area contributed by atoms with Crippen LogP contribution in [0.3, 0.4) is 0 Å². The van der Waals surface area contributed by atoms with E-state index < -0.39 is 0 Å². The topological polar surface area (TPSA) is 48.9 Å². The largest absolute Gasteiger partial charge is 0.380 e. The molecule has 0 aliphatic carbocycles. The lowest BCUT2D eigenvalue weighted by molar-refractivity contribution is -0.155. The van der Waals surface area contributed by atoms with E-state index in [1.54, 1.807) is 6.20 Å². The van der Waals surface area contributed by atoms with Crippen molar-refractivity contribution < 1.29 is 9.53 Å². The maximum absolute atomic E-state index is 13.4. The molecule has 6 nitrogen and oxygen atoms in total. The molecule has 3 aliphatic rings. The Morgan fingerprint density at radius 2 is 2.12 bits per heavy atom. The number of likely N-dealkylation sites (tertiary alicyclic amines) is 1. The minimum Gasteiger partial charge on any atom is -0.380 e. The van der Waals surface area contributed by atoms with Crippen LogP contribution in [0.2, 0.25) is 0 Å². The molecule has 1 aromatic heterocycles. The first-order valence-corrected chi connectivity index (χ1v) is 9.40. The molecule has 4 rings (SSSR count). The highest BCUT2D eigenvalue weighted by Gasteiger charge is 2.49. The molecular formula is C19H28N4O2. The lowest BCUT2D eigenvalue weighted by Gasteiger charge is -2.52. The Bertz CT molecular complexity index is 595. The summed E-state index contributed by atoms with van der Waals surface area (Å²) in [5.41, 5.74) is 0.784. The molecule has 1 aromatic rings. The molecular weight excluding hydrogens is 316 g/mol. The average Bonchev–Trinajstić information content (AvgIpc) is 3.19. The number of amides is 1. The van der Waals surface area contributed by atoms with Gasteiger partial charge in [-0.15, -0.1) is 0 Å². The molecule has 1 atom stereocenters. The quantitative estimate of drug-likeness (QED) is 0.818. The van der Waals surface area contributed by atoms with Gasteiger partial charge in [0.1, 0.15) is 5.54 Å². The third kappa shape index (κ3) is 3.18. The fourth-order valence-electron chi connectivity index (χ4n) is 4.57. The van der Waals surface area contributed by atoms with Gasteiger partial charge in [-0.1, -0.05) is 6.07 Å². The molecule has 6 heteroatoms. The Morgan fingerprint density at radius 3 is 2.80 bits per heavy atom. The molecule has 0 N–H and O–H groups in total. The van der Waals surface area contributed by atoms with Gasteiger partial charge in [0.05, 0.1) is 6.61 Å². The highest BCUT2D eigenvalue weighted by molar-refractivity contribution is 5.87. The fourth-order valence-corrected chi connectivity index (χ4v) is 4.57. The van der Waals surface area contributed by atoms with Crippen LogP contribution in [0.15, 0.2) is 24.5 Å². The van der Waals surface area contributed by atoms with Crippen LogP contribution in [0.1, 0.15) is 24.8 Å². The molecule has 136 valence electrons. The zero-order valence-corrected chi connectivity index (χ0v) is 15.1. The van der Waals surface area contributed by atoms with Gasteiger partial charge in [0.25, 0.3) is 0 Å². The van der Waals surface area contributed by atoms with E-state index in [2.05, 4.69) is 21.8 Å². The summed E-state index contributed by atoms with van der Waals surface area (Å²) in [4.78, 5) is 24.4. The lowest BCUT2D eigenvalue weighted by Crippen LogP contribution is -2.68. The Kier molecular flexibility index (Phi) is 4.75. The number of rotatable bonds is 3. The molecule has 0 unspecified atom stereocenters. The smallest absolute Gasteiger partial charge is 0.243 e. The zero-order valence-electron chi connectivity index (χ0n) is 15.1. The predicted octanol–water partition coefficient (Wildman–Crippen LogP) is 0.979. The SMILES string of the molecule is CN1CCN(Cc2cccnc2)C(=O)C12CCN([C@H]1CCOC1)CC2. The van der Waals surface area contributed by atoms with Crippen LogP contribution in [0, 0.1) is 0 Å². The van der Waals surface area contributed by atoms with Crippen molar-refractivity contribution in [3.8, 4) is 0 Å². The molecule has 0 bridgehead atoms. The van der Waals surface area contributed by atoms with Crippen LogP contribution in [0.5, 0.6) is 0 Å². The number of nitrogens with zero attached hydrogens (tertiary/aromatic N) is 4. The van der Waals surface area contributed by atoms with Crippen LogP contribution in [0.4, 0.5) is 0 Å². The van der Waals surface area contributed by atoms with E-state index in [0.29, 0.717) is 18.5 Å². The first kappa shape index (κ1) is 16.9. The second-order valence-corrected chi connectivity index (χ2v) is 7.59. The van der Waals surface area contributed by atoms with Gasteiger partial charge >= 0.3 is 0 Å². The Hall–Kier alpha value is -1.50. The standard InChI is InChI=1S/C19H28N4O2/c1-21-10-11-23(14-16-3-2-7-20-13-16)18(24)19(21)5-8-22(9-6-19)17-4-12-25-15-17/h2-3,7,13,17H,4-6,8-12,14-15H2,1H3/t17-/m0/s1. The molecule has 0 saturated carbocycles. The number of carbonyl (C=O) groups excluding carboxylic acids is 1. The molecule has 3 saturated heterocycles. The van der Waals surface area contributed by atoms with Crippen LogP contribution >= 0.6 is 0 Å². The molecule has 3 aliphatic heterocycles. The van der Waals surface area contributed by atoms with Gasteiger partial charge in [0.15, 0.2) is 0 Å². The summed E-state index contributed by atoms with van der Waals surface area (Å²) in [7, 11) is 2.12.